The van der Waals surface area contributed by atoms with Gasteiger partial charge in [-0.3, -0.25) is 0 Å². The number of benzene rings is 4. The number of carbonyl (C=O) groups is 2. The number of ether oxygens (including phenoxy) is 2. The van der Waals surface area contributed by atoms with Crippen molar-refractivity contribution in [2.75, 3.05) is 0 Å². The van der Waals surface area contributed by atoms with Crippen molar-refractivity contribution in [3.05, 3.63) is 130 Å². The molecule has 0 radical (unpaired) electrons. The molecule has 3 N–H and O–H groups in total. The summed E-state index contributed by atoms with van der Waals surface area (Å²) in [6.45, 7) is 0. The average Bonchev–Trinajstić information content (AvgIpc) is 3.91. The maximum Gasteiger partial charge on any atom is 0.490 e. The molecule has 0 aliphatic rings. The van der Waals surface area contributed by atoms with E-state index in [1.54, 1.807) is 29.8 Å². The first-order chi connectivity index (χ1) is 31.3. The second-order valence-electron chi connectivity index (χ2n) is 12.6. The molecule has 0 aliphatic heterocycles. The number of alkyl halides is 12. The normalized spacial score (nSPS) is 11.6. The summed E-state index contributed by atoms with van der Waals surface area (Å²) in [7, 11) is 0. The molecule has 0 fully saturated rings. The second kappa shape index (κ2) is 21.0. The van der Waals surface area contributed by atoms with Crippen LogP contribution in [0.15, 0.2) is 115 Å². The number of fused-ring (bicyclic) bond motifs is 2. The molecule has 4 aromatic carbocycles. The Morgan fingerprint density at radius 2 is 0.985 bits per heavy atom. The molecule has 13 nitrogen and oxygen atoms in total. The number of thiazole rings is 1. The van der Waals surface area contributed by atoms with Crippen molar-refractivity contribution in [1.82, 2.24) is 34.9 Å². The predicted octanol–water partition coefficient (Wildman–Crippen LogP) is 12.3. The lowest BCUT2D eigenvalue weighted by Gasteiger charge is -2.09. The van der Waals surface area contributed by atoms with E-state index in [9.17, 15) is 52.7 Å². The summed E-state index contributed by atoms with van der Waals surface area (Å²) in [6, 6.07) is 23.7. The molecule has 0 amide bonds. The monoisotopic (exact) mass is 1080 g/mol. The predicted molar refractivity (Wildman–Crippen MR) is 221 cm³/mol. The molecule has 0 saturated carbocycles. The van der Waals surface area contributed by atoms with Crippen LogP contribution in [-0.2, 0) is 21.9 Å². The van der Waals surface area contributed by atoms with Crippen LogP contribution in [0.3, 0.4) is 0 Å². The van der Waals surface area contributed by atoms with Crippen LogP contribution in [0.4, 0.5) is 52.7 Å². The SMILES string of the molecule is FC(F)(F)c1ccc(-c2cc(Oc3cccc4[nH]c(I)nc34)ncn2)cc1.FC(F)(F)c1ccc(-c2cc(Oc3cccc4scnc34)ncn2)cc1.O=C(O)C(F)(F)F.O=C(O)C(F)(F)F. The van der Waals surface area contributed by atoms with Gasteiger partial charge in [-0.15, -0.1) is 11.3 Å². The summed E-state index contributed by atoms with van der Waals surface area (Å²) in [5.41, 5.74) is 4.52. The zero-order valence-corrected chi connectivity index (χ0v) is 35.5. The Kier molecular flexibility index (Phi) is 15.9. The van der Waals surface area contributed by atoms with E-state index in [0.29, 0.717) is 39.5 Å². The minimum absolute atomic E-state index is 0.269. The number of carboxylic acid groups (broad SMARTS) is 2. The van der Waals surface area contributed by atoms with Crippen molar-refractivity contribution in [2.24, 2.45) is 0 Å². The van der Waals surface area contributed by atoms with E-state index in [2.05, 4.69) is 57.5 Å². The van der Waals surface area contributed by atoms with E-state index < -0.39 is 47.8 Å². The Labute approximate surface area is 383 Å². The highest BCUT2D eigenvalue weighted by Crippen LogP contribution is 2.35. The number of halogens is 13. The molecule has 0 atom stereocenters. The molecule has 0 aliphatic carbocycles. The first kappa shape index (κ1) is 50.8. The summed E-state index contributed by atoms with van der Waals surface area (Å²) in [5, 5.41) is 14.2. The zero-order valence-electron chi connectivity index (χ0n) is 32.5. The molecule has 4 aromatic heterocycles. The number of hydrogen-bond donors (Lipinski definition) is 3. The highest BCUT2D eigenvalue weighted by molar-refractivity contribution is 14.1. The lowest BCUT2D eigenvalue weighted by Crippen LogP contribution is -2.21. The third kappa shape index (κ3) is 14.4. The van der Waals surface area contributed by atoms with Crippen LogP contribution < -0.4 is 9.47 Å². The number of aromatic amines is 1. The molecular weight excluding hydrogens is 1060 g/mol. The van der Waals surface area contributed by atoms with Crippen LogP contribution >= 0.6 is 33.9 Å². The zero-order chi connectivity index (χ0) is 49.3. The molecule has 0 spiro atoms. The van der Waals surface area contributed by atoms with Gasteiger partial charge in [0.1, 0.15) is 23.7 Å². The first-order valence-corrected chi connectivity index (χ1v) is 19.7. The summed E-state index contributed by atoms with van der Waals surface area (Å²) >= 11 is 3.57. The summed E-state index contributed by atoms with van der Waals surface area (Å²) < 4.78 is 153. The van der Waals surface area contributed by atoms with Crippen LogP contribution in [-0.4, -0.2) is 69.4 Å². The van der Waals surface area contributed by atoms with Gasteiger partial charge in [0, 0.05) is 23.3 Å². The summed E-state index contributed by atoms with van der Waals surface area (Å²) in [6.07, 6.45) is -16.3. The number of aliphatic carboxylic acids is 2. The molecule has 67 heavy (non-hydrogen) atoms. The lowest BCUT2D eigenvalue weighted by atomic mass is 10.1. The summed E-state index contributed by atoms with van der Waals surface area (Å²) in [5.74, 6) is -3.88. The number of para-hydroxylation sites is 2. The van der Waals surface area contributed by atoms with Crippen LogP contribution in [0.2, 0.25) is 0 Å². The maximum absolute atomic E-state index is 12.7. The third-order valence-corrected chi connectivity index (χ3v) is 9.29. The van der Waals surface area contributed by atoms with Crippen molar-refractivity contribution >= 4 is 67.1 Å². The van der Waals surface area contributed by atoms with Crippen LogP contribution in [0.5, 0.6) is 23.3 Å². The Morgan fingerprint density at radius 1 is 0.567 bits per heavy atom. The quantitative estimate of drug-likeness (QED) is 0.106. The van der Waals surface area contributed by atoms with Gasteiger partial charge in [0.15, 0.2) is 15.3 Å². The van der Waals surface area contributed by atoms with Gasteiger partial charge in [0.25, 0.3) is 0 Å². The van der Waals surface area contributed by atoms with Crippen molar-refractivity contribution in [1.29, 1.82) is 0 Å². The number of nitrogens with zero attached hydrogens (tertiary/aromatic N) is 6. The number of H-pyrrole nitrogens is 1. The number of nitrogens with one attached hydrogen (secondary N) is 1. The molecule has 0 unspecified atom stereocenters. The second-order valence-corrected chi connectivity index (χ2v) is 14.5. The van der Waals surface area contributed by atoms with Gasteiger partial charge in [0.2, 0.25) is 11.8 Å². The Morgan fingerprint density at radius 3 is 1.40 bits per heavy atom. The van der Waals surface area contributed by atoms with E-state index in [1.807, 2.05) is 24.3 Å². The Hall–Kier alpha value is -7.17. The van der Waals surface area contributed by atoms with Crippen molar-refractivity contribution in [2.45, 2.75) is 24.7 Å². The number of rotatable bonds is 6. The minimum atomic E-state index is -5.08. The lowest BCUT2D eigenvalue weighted by molar-refractivity contribution is -0.193. The molecular formula is C40H22F12IN7O6S. The molecule has 0 saturated heterocycles. The first-order valence-electron chi connectivity index (χ1n) is 17.7. The van der Waals surface area contributed by atoms with Crippen molar-refractivity contribution in [3.8, 4) is 45.8 Å². The van der Waals surface area contributed by atoms with Gasteiger partial charge in [-0.2, -0.15) is 52.7 Å². The highest BCUT2D eigenvalue weighted by atomic mass is 127. The maximum atomic E-state index is 12.7. The van der Waals surface area contributed by atoms with Gasteiger partial charge in [-0.1, -0.05) is 36.4 Å². The Bertz CT molecular complexity index is 2940. The minimum Gasteiger partial charge on any atom is -0.475 e. The van der Waals surface area contributed by atoms with E-state index in [1.165, 1.54) is 48.3 Å². The summed E-state index contributed by atoms with van der Waals surface area (Å²) in [4.78, 5) is 45.9. The van der Waals surface area contributed by atoms with E-state index in [4.69, 9.17) is 29.3 Å². The Balaban J connectivity index is 0.000000196. The van der Waals surface area contributed by atoms with Crippen molar-refractivity contribution in [3.63, 3.8) is 0 Å². The molecule has 4 heterocycles. The molecule has 0 bridgehead atoms. The molecule has 350 valence electrons. The highest BCUT2D eigenvalue weighted by Gasteiger charge is 2.39. The van der Waals surface area contributed by atoms with Crippen LogP contribution in [0.1, 0.15) is 11.1 Å². The van der Waals surface area contributed by atoms with E-state index >= 15 is 0 Å². The fourth-order valence-electron chi connectivity index (χ4n) is 4.99. The van der Waals surface area contributed by atoms with Gasteiger partial charge >= 0.3 is 36.6 Å². The van der Waals surface area contributed by atoms with Crippen molar-refractivity contribution < 1.29 is 82.0 Å². The van der Waals surface area contributed by atoms with Gasteiger partial charge in [-0.25, -0.2) is 39.5 Å². The van der Waals surface area contributed by atoms with Crippen LogP contribution in [0.25, 0.3) is 43.8 Å². The van der Waals surface area contributed by atoms with Gasteiger partial charge in [0.05, 0.1) is 38.2 Å². The standard InChI is InChI=1S/C18H10F3IN4O.C18H10F3N3OS.2C2HF3O2/c19-18(20,21)11-6-4-10(5-7-11)13-8-15(24-9-23-13)27-14-3-1-2-12-16(14)26-17(22)25-12;19-18(20,21)12-6-4-11(5-7-12)13-8-16(23-9-22-13)25-14-2-1-3-15-17(14)24-10-26-15;2*3-2(4,5)1(6)7/h1-9H,(H,25,26);1-10H;2*(H,6,7). The van der Waals surface area contributed by atoms with Gasteiger partial charge < -0.3 is 24.7 Å². The number of imidazole rings is 1. The molecule has 8 rings (SSSR count). The number of carboxylic acids is 2. The number of hydrogen-bond acceptors (Lipinski definition) is 11. The smallest absolute Gasteiger partial charge is 0.475 e. The average molecular weight is 1080 g/mol. The van der Waals surface area contributed by atoms with Gasteiger partial charge in [-0.05, 0) is 71.1 Å². The van der Waals surface area contributed by atoms with Crippen LogP contribution in [0, 0.1) is 3.83 Å². The topological polar surface area (TPSA) is 186 Å². The third-order valence-electron chi connectivity index (χ3n) is 7.98. The fraction of sp³-hybridized carbons (Fsp3) is 0.100. The molecule has 27 heteroatoms. The van der Waals surface area contributed by atoms with E-state index in [0.717, 1.165) is 43.8 Å². The van der Waals surface area contributed by atoms with E-state index in [-0.39, 0.29) is 11.8 Å². The number of aromatic nitrogens is 7. The molecule has 8 aromatic rings. The largest absolute Gasteiger partial charge is 0.490 e. The fourth-order valence-corrected chi connectivity index (χ4v) is 6.22.